The van der Waals surface area contributed by atoms with Crippen molar-refractivity contribution in [3.63, 3.8) is 0 Å². The summed E-state index contributed by atoms with van der Waals surface area (Å²) < 4.78 is 31.6. The molecule has 1 unspecified atom stereocenters. The van der Waals surface area contributed by atoms with Crippen LogP contribution in [0, 0.1) is 0 Å². The number of halogens is 1. The molecule has 0 bridgehead atoms. The van der Waals surface area contributed by atoms with E-state index in [9.17, 15) is 8.42 Å². The molecule has 1 rings (SSSR count). The van der Waals surface area contributed by atoms with Gasteiger partial charge in [-0.2, -0.15) is 0 Å². The Balaban J connectivity index is 0.00000625. The molecule has 0 aliphatic heterocycles. The summed E-state index contributed by atoms with van der Waals surface area (Å²) in [5, 5.41) is 6.53. The predicted octanol–water partition coefficient (Wildman–Crippen LogP) is 2.08. The van der Waals surface area contributed by atoms with Gasteiger partial charge in [-0.1, -0.05) is 19.1 Å². The molecule has 26 heavy (non-hydrogen) atoms. The average Bonchev–Trinajstić information content (AvgIpc) is 2.60. The third-order valence-corrected chi connectivity index (χ3v) is 5.07. The van der Waals surface area contributed by atoms with E-state index in [-0.39, 0.29) is 35.4 Å². The van der Waals surface area contributed by atoms with Crippen molar-refractivity contribution < 1.29 is 13.2 Å². The van der Waals surface area contributed by atoms with Crippen LogP contribution in [0.2, 0.25) is 0 Å². The standard InChI is InChI=1S/C17H30N4O3S.HI/c1-5-14(3)21-17(18-6-2)19-13-15-7-9-16(10-8-15)25(22,23)20-11-12-24-4;/h7-10,14,20H,5-6,11-13H2,1-4H3,(H2,18,19,21);1H. The second-order valence-electron chi connectivity index (χ2n) is 5.68. The molecule has 150 valence electrons. The van der Waals surface area contributed by atoms with E-state index in [2.05, 4.69) is 34.2 Å². The minimum absolute atomic E-state index is 0. The van der Waals surface area contributed by atoms with Crippen LogP contribution in [0.5, 0.6) is 0 Å². The molecule has 0 aromatic heterocycles. The van der Waals surface area contributed by atoms with E-state index in [1.807, 2.05) is 6.92 Å². The van der Waals surface area contributed by atoms with Crippen LogP contribution in [0.3, 0.4) is 0 Å². The number of rotatable bonds is 10. The van der Waals surface area contributed by atoms with Gasteiger partial charge in [0.1, 0.15) is 0 Å². The van der Waals surface area contributed by atoms with Gasteiger partial charge in [0, 0.05) is 26.2 Å². The van der Waals surface area contributed by atoms with Crippen molar-refractivity contribution >= 4 is 40.0 Å². The van der Waals surface area contributed by atoms with E-state index in [4.69, 9.17) is 4.74 Å². The van der Waals surface area contributed by atoms with Crippen molar-refractivity contribution in [3.05, 3.63) is 29.8 Å². The normalized spacial score (nSPS) is 13.0. The van der Waals surface area contributed by atoms with Crippen molar-refractivity contribution in [2.45, 2.75) is 44.7 Å². The fraction of sp³-hybridized carbons (Fsp3) is 0.588. The number of sulfonamides is 1. The van der Waals surface area contributed by atoms with Crippen LogP contribution >= 0.6 is 24.0 Å². The molecule has 7 nitrogen and oxygen atoms in total. The van der Waals surface area contributed by atoms with E-state index in [1.54, 1.807) is 24.3 Å². The number of nitrogens with zero attached hydrogens (tertiary/aromatic N) is 1. The van der Waals surface area contributed by atoms with Crippen LogP contribution in [0.25, 0.3) is 0 Å². The third kappa shape index (κ3) is 9.15. The lowest BCUT2D eigenvalue weighted by Crippen LogP contribution is -2.41. The van der Waals surface area contributed by atoms with E-state index >= 15 is 0 Å². The second kappa shape index (κ2) is 13.3. The molecule has 1 atom stereocenters. The molecule has 0 fully saturated rings. The number of aliphatic imine (C=N–C) groups is 1. The van der Waals surface area contributed by atoms with Gasteiger partial charge in [-0.15, -0.1) is 24.0 Å². The van der Waals surface area contributed by atoms with Gasteiger partial charge in [0.15, 0.2) is 5.96 Å². The van der Waals surface area contributed by atoms with E-state index in [0.717, 1.165) is 24.5 Å². The maximum absolute atomic E-state index is 12.1. The maximum Gasteiger partial charge on any atom is 0.240 e. The van der Waals surface area contributed by atoms with Crippen molar-refractivity contribution in [2.75, 3.05) is 26.8 Å². The Labute approximate surface area is 174 Å². The van der Waals surface area contributed by atoms with Gasteiger partial charge in [0.2, 0.25) is 10.0 Å². The zero-order chi connectivity index (χ0) is 18.7. The first kappa shape index (κ1) is 25.1. The maximum atomic E-state index is 12.1. The Hall–Kier alpha value is -0.910. The molecule has 0 spiro atoms. The van der Waals surface area contributed by atoms with E-state index in [1.165, 1.54) is 7.11 Å². The zero-order valence-electron chi connectivity index (χ0n) is 15.9. The highest BCUT2D eigenvalue weighted by Gasteiger charge is 2.12. The Morgan fingerprint density at radius 2 is 1.88 bits per heavy atom. The molecule has 0 heterocycles. The van der Waals surface area contributed by atoms with Crippen LogP contribution in [-0.4, -0.2) is 47.2 Å². The quantitative estimate of drug-likeness (QED) is 0.199. The predicted molar refractivity (Wildman–Crippen MR) is 117 cm³/mol. The summed E-state index contributed by atoms with van der Waals surface area (Å²) in [5.74, 6) is 0.759. The molecule has 3 N–H and O–H groups in total. The molecule has 0 amide bonds. The molecule has 9 heteroatoms. The highest BCUT2D eigenvalue weighted by Crippen LogP contribution is 2.11. The first-order valence-corrected chi connectivity index (χ1v) is 10.0. The Morgan fingerprint density at radius 3 is 2.42 bits per heavy atom. The largest absolute Gasteiger partial charge is 0.383 e. The highest BCUT2D eigenvalue weighted by molar-refractivity contribution is 14.0. The highest BCUT2D eigenvalue weighted by atomic mass is 127. The molecule has 1 aromatic rings. The van der Waals surface area contributed by atoms with Gasteiger partial charge < -0.3 is 15.4 Å². The molecule has 0 aliphatic carbocycles. The monoisotopic (exact) mass is 498 g/mol. The summed E-state index contributed by atoms with van der Waals surface area (Å²) in [6.07, 6.45) is 1.01. The molecule has 0 saturated heterocycles. The topological polar surface area (TPSA) is 91.8 Å². The van der Waals surface area contributed by atoms with Crippen molar-refractivity contribution in [3.8, 4) is 0 Å². The summed E-state index contributed by atoms with van der Waals surface area (Å²) in [7, 11) is -1.97. The van der Waals surface area contributed by atoms with E-state index in [0.29, 0.717) is 19.2 Å². The van der Waals surface area contributed by atoms with Gasteiger partial charge in [-0.05, 0) is 38.0 Å². The molecule has 1 aromatic carbocycles. The summed E-state index contributed by atoms with van der Waals surface area (Å²) in [5.41, 5.74) is 0.942. The Kier molecular flexibility index (Phi) is 12.8. The van der Waals surface area contributed by atoms with Crippen LogP contribution in [0.1, 0.15) is 32.8 Å². The van der Waals surface area contributed by atoms with Crippen LogP contribution in [-0.2, 0) is 21.3 Å². The van der Waals surface area contributed by atoms with Gasteiger partial charge in [-0.25, -0.2) is 18.1 Å². The summed E-state index contributed by atoms with van der Waals surface area (Å²) in [4.78, 5) is 4.77. The number of benzene rings is 1. The fourth-order valence-electron chi connectivity index (χ4n) is 1.96. The number of hydrogen-bond donors (Lipinski definition) is 3. The molecular weight excluding hydrogens is 467 g/mol. The summed E-state index contributed by atoms with van der Waals surface area (Å²) in [6, 6.07) is 7.08. The second-order valence-corrected chi connectivity index (χ2v) is 7.45. The minimum Gasteiger partial charge on any atom is -0.383 e. The van der Waals surface area contributed by atoms with Gasteiger partial charge in [0.05, 0.1) is 18.0 Å². The lowest BCUT2D eigenvalue weighted by Gasteiger charge is -2.16. The van der Waals surface area contributed by atoms with Crippen molar-refractivity contribution in [2.24, 2.45) is 4.99 Å². The Morgan fingerprint density at radius 1 is 1.23 bits per heavy atom. The lowest BCUT2D eigenvalue weighted by molar-refractivity contribution is 0.204. The van der Waals surface area contributed by atoms with Crippen LogP contribution in [0.4, 0.5) is 0 Å². The molecule has 0 aliphatic rings. The van der Waals surface area contributed by atoms with Gasteiger partial charge in [0.25, 0.3) is 0 Å². The smallest absolute Gasteiger partial charge is 0.240 e. The first-order chi connectivity index (χ1) is 11.9. The number of ether oxygens (including phenoxy) is 1. The minimum atomic E-state index is -3.50. The van der Waals surface area contributed by atoms with E-state index < -0.39 is 10.0 Å². The summed E-state index contributed by atoms with van der Waals surface area (Å²) >= 11 is 0. The van der Waals surface area contributed by atoms with Crippen LogP contribution in [0.15, 0.2) is 34.2 Å². The third-order valence-electron chi connectivity index (χ3n) is 3.59. The first-order valence-electron chi connectivity index (χ1n) is 8.55. The lowest BCUT2D eigenvalue weighted by atomic mass is 10.2. The van der Waals surface area contributed by atoms with Gasteiger partial charge >= 0.3 is 0 Å². The number of hydrogen-bond acceptors (Lipinski definition) is 4. The van der Waals surface area contributed by atoms with Crippen LogP contribution < -0.4 is 15.4 Å². The average molecular weight is 498 g/mol. The Bertz CT molecular complexity index is 636. The molecule has 0 saturated carbocycles. The fourth-order valence-corrected chi connectivity index (χ4v) is 2.97. The zero-order valence-corrected chi connectivity index (χ0v) is 19.1. The molecule has 0 radical (unpaired) electrons. The number of guanidine groups is 1. The summed E-state index contributed by atoms with van der Waals surface area (Å²) in [6.45, 7) is 8.07. The number of nitrogens with one attached hydrogen (secondary N) is 3. The SMILES string of the molecule is CCNC(=NCc1ccc(S(=O)(=O)NCCOC)cc1)NC(C)CC.I. The van der Waals surface area contributed by atoms with Crippen molar-refractivity contribution in [1.29, 1.82) is 0 Å². The van der Waals surface area contributed by atoms with Gasteiger partial charge in [-0.3, -0.25) is 0 Å². The van der Waals surface area contributed by atoms with Crippen molar-refractivity contribution in [1.82, 2.24) is 15.4 Å². The molecular formula is C17H31IN4O3S. The number of methoxy groups -OCH3 is 1.